The third-order valence-electron chi connectivity index (χ3n) is 2.32. The van der Waals surface area contributed by atoms with Crippen LogP contribution < -0.4 is 5.73 Å². The molecule has 7 nitrogen and oxygen atoms in total. The average molecular weight is 282 g/mol. The predicted molar refractivity (Wildman–Crippen MR) is 68.7 cm³/mol. The Morgan fingerprint density at radius 3 is 2.79 bits per heavy atom. The molecule has 0 fully saturated rings. The first kappa shape index (κ1) is 13.6. The molecule has 0 aliphatic carbocycles. The zero-order valence-electron chi connectivity index (χ0n) is 10.6. The van der Waals surface area contributed by atoms with Gasteiger partial charge in [-0.05, 0) is 19.1 Å². The van der Waals surface area contributed by atoms with E-state index in [1.54, 1.807) is 19.1 Å². The summed E-state index contributed by atoms with van der Waals surface area (Å²) in [7, 11) is -3.13. The molecule has 0 saturated carbocycles. The Morgan fingerprint density at radius 1 is 1.47 bits per heavy atom. The Hall–Kier alpha value is -1.80. The van der Waals surface area contributed by atoms with Gasteiger partial charge in [-0.1, -0.05) is 5.16 Å². The van der Waals surface area contributed by atoms with E-state index in [1.165, 1.54) is 6.20 Å². The van der Waals surface area contributed by atoms with Gasteiger partial charge in [0.2, 0.25) is 11.7 Å². The van der Waals surface area contributed by atoms with Crippen molar-refractivity contribution in [3.05, 3.63) is 29.9 Å². The highest BCUT2D eigenvalue weighted by Crippen LogP contribution is 2.18. The van der Waals surface area contributed by atoms with Gasteiger partial charge in [-0.15, -0.1) is 0 Å². The molecule has 0 bridgehead atoms. The molecule has 0 radical (unpaired) electrons. The fourth-order valence-corrected chi connectivity index (χ4v) is 2.20. The number of hydrogen-bond acceptors (Lipinski definition) is 7. The van der Waals surface area contributed by atoms with E-state index in [9.17, 15) is 8.42 Å². The van der Waals surface area contributed by atoms with Crippen molar-refractivity contribution >= 4 is 9.84 Å². The maximum Gasteiger partial charge on any atom is 0.243 e. The van der Waals surface area contributed by atoms with Crippen molar-refractivity contribution in [3.8, 4) is 11.4 Å². The van der Waals surface area contributed by atoms with Gasteiger partial charge >= 0.3 is 0 Å². The predicted octanol–water partition coefficient (Wildman–Crippen LogP) is 0.696. The van der Waals surface area contributed by atoms with Crippen LogP contribution in [0.3, 0.4) is 0 Å². The molecule has 19 heavy (non-hydrogen) atoms. The van der Waals surface area contributed by atoms with Crippen LogP contribution >= 0.6 is 0 Å². The lowest BCUT2D eigenvalue weighted by atomic mass is 10.2. The number of aromatic nitrogens is 3. The standard InChI is InChI=1S/C11H14N4O3S/c1-7(12)11-14-10(15-18-11)8-3-4-13-9(5-8)6-19(2,16)17/h3-5,7H,6,12H2,1-2H3/t7-/m1/s1. The minimum absolute atomic E-state index is 0.126. The van der Waals surface area contributed by atoms with Crippen LogP contribution in [0.5, 0.6) is 0 Å². The average Bonchev–Trinajstić information content (AvgIpc) is 2.76. The van der Waals surface area contributed by atoms with Crippen LogP contribution in [0.1, 0.15) is 24.6 Å². The Bertz CT molecular complexity index is 679. The van der Waals surface area contributed by atoms with E-state index in [0.29, 0.717) is 23.0 Å². The molecule has 0 unspecified atom stereocenters. The van der Waals surface area contributed by atoms with E-state index in [1.807, 2.05) is 0 Å². The zero-order valence-corrected chi connectivity index (χ0v) is 11.4. The van der Waals surface area contributed by atoms with Gasteiger partial charge in [0.15, 0.2) is 9.84 Å². The fraction of sp³-hybridized carbons (Fsp3) is 0.364. The molecule has 2 heterocycles. The monoisotopic (exact) mass is 282 g/mol. The number of nitrogens with two attached hydrogens (primary N) is 1. The summed E-state index contributed by atoms with van der Waals surface area (Å²) in [4.78, 5) is 8.14. The summed E-state index contributed by atoms with van der Waals surface area (Å²) in [5.41, 5.74) is 6.71. The van der Waals surface area contributed by atoms with Crippen molar-refractivity contribution in [1.29, 1.82) is 0 Å². The summed E-state index contributed by atoms with van der Waals surface area (Å²) in [6.07, 6.45) is 2.67. The second kappa shape index (κ2) is 5.06. The van der Waals surface area contributed by atoms with E-state index in [2.05, 4.69) is 15.1 Å². The van der Waals surface area contributed by atoms with E-state index < -0.39 is 9.84 Å². The number of pyridine rings is 1. The second-order valence-electron chi connectivity index (χ2n) is 4.35. The molecule has 2 aromatic rings. The lowest BCUT2D eigenvalue weighted by Gasteiger charge is -2.00. The Kier molecular flexibility index (Phi) is 3.63. The Labute approximate surface area is 110 Å². The highest BCUT2D eigenvalue weighted by Gasteiger charge is 2.13. The van der Waals surface area contributed by atoms with Gasteiger partial charge in [-0.25, -0.2) is 8.42 Å². The minimum atomic E-state index is -3.13. The molecular weight excluding hydrogens is 268 g/mol. The van der Waals surface area contributed by atoms with Gasteiger partial charge in [-0.2, -0.15) is 4.98 Å². The summed E-state index contributed by atoms with van der Waals surface area (Å²) < 4.78 is 27.5. The fourth-order valence-electron chi connectivity index (χ4n) is 1.50. The maximum atomic E-state index is 11.2. The summed E-state index contributed by atoms with van der Waals surface area (Å²) in [6, 6.07) is 2.96. The lowest BCUT2D eigenvalue weighted by molar-refractivity contribution is 0.362. The third kappa shape index (κ3) is 3.58. The molecule has 2 rings (SSSR count). The van der Waals surface area contributed by atoms with Gasteiger partial charge < -0.3 is 10.3 Å². The molecule has 102 valence electrons. The summed E-state index contributed by atoms with van der Waals surface area (Å²) in [6.45, 7) is 1.74. The molecule has 0 aliphatic rings. The number of rotatable bonds is 4. The van der Waals surface area contributed by atoms with Crippen molar-refractivity contribution in [2.24, 2.45) is 5.73 Å². The third-order valence-corrected chi connectivity index (χ3v) is 3.14. The largest absolute Gasteiger partial charge is 0.337 e. The van der Waals surface area contributed by atoms with Crippen LogP contribution in [-0.2, 0) is 15.6 Å². The topological polar surface area (TPSA) is 112 Å². The Balaban J connectivity index is 2.32. The molecule has 2 N–H and O–H groups in total. The summed E-state index contributed by atoms with van der Waals surface area (Å²) in [5, 5.41) is 3.80. The molecular formula is C11H14N4O3S. The van der Waals surface area contributed by atoms with Crippen molar-refractivity contribution in [3.63, 3.8) is 0 Å². The van der Waals surface area contributed by atoms with Crippen molar-refractivity contribution in [2.75, 3.05) is 6.26 Å². The van der Waals surface area contributed by atoms with Crippen LogP contribution in [0, 0.1) is 0 Å². The van der Waals surface area contributed by atoms with Gasteiger partial charge in [0, 0.05) is 18.0 Å². The SMILES string of the molecule is C[C@@H](N)c1nc(-c2ccnc(CS(C)(=O)=O)c2)no1. The normalized spacial score (nSPS) is 13.4. The summed E-state index contributed by atoms with van der Waals surface area (Å²) >= 11 is 0. The smallest absolute Gasteiger partial charge is 0.243 e. The molecule has 0 amide bonds. The zero-order chi connectivity index (χ0) is 14.0. The number of nitrogens with zero attached hydrogens (tertiary/aromatic N) is 3. The first-order valence-corrected chi connectivity index (χ1v) is 7.63. The van der Waals surface area contributed by atoms with Crippen LogP contribution in [-0.4, -0.2) is 29.8 Å². The highest BCUT2D eigenvalue weighted by atomic mass is 32.2. The van der Waals surface area contributed by atoms with Crippen LogP contribution in [0.15, 0.2) is 22.9 Å². The number of sulfone groups is 1. The minimum Gasteiger partial charge on any atom is -0.337 e. The molecule has 1 atom stereocenters. The van der Waals surface area contributed by atoms with Crippen LogP contribution in [0.4, 0.5) is 0 Å². The molecule has 0 spiro atoms. The van der Waals surface area contributed by atoms with Gasteiger partial charge in [-0.3, -0.25) is 4.98 Å². The molecule has 0 saturated heterocycles. The number of hydrogen-bond donors (Lipinski definition) is 1. The van der Waals surface area contributed by atoms with E-state index in [0.717, 1.165) is 6.26 Å². The molecule has 2 aromatic heterocycles. The molecule has 0 aliphatic heterocycles. The first-order valence-electron chi connectivity index (χ1n) is 5.57. The lowest BCUT2D eigenvalue weighted by Crippen LogP contribution is -2.05. The molecule has 0 aromatic carbocycles. The van der Waals surface area contributed by atoms with Crippen molar-refractivity contribution in [1.82, 2.24) is 15.1 Å². The van der Waals surface area contributed by atoms with Crippen LogP contribution in [0.2, 0.25) is 0 Å². The highest BCUT2D eigenvalue weighted by molar-refractivity contribution is 7.89. The van der Waals surface area contributed by atoms with Crippen LogP contribution in [0.25, 0.3) is 11.4 Å². The second-order valence-corrected chi connectivity index (χ2v) is 6.49. The van der Waals surface area contributed by atoms with Crippen molar-refractivity contribution < 1.29 is 12.9 Å². The first-order chi connectivity index (χ1) is 8.85. The maximum absolute atomic E-state index is 11.2. The van der Waals surface area contributed by atoms with Crippen molar-refractivity contribution in [2.45, 2.75) is 18.7 Å². The van der Waals surface area contributed by atoms with Gasteiger partial charge in [0.1, 0.15) is 0 Å². The van der Waals surface area contributed by atoms with E-state index in [4.69, 9.17) is 10.3 Å². The van der Waals surface area contributed by atoms with E-state index >= 15 is 0 Å². The Morgan fingerprint density at radius 2 is 2.21 bits per heavy atom. The van der Waals surface area contributed by atoms with E-state index in [-0.39, 0.29) is 11.8 Å². The summed E-state index contributed by atoms with van der Waals surface area (Å²) in [5.74, 6) is 0.569. The van der Waals surface area contributed by atoms with Gasteiger partial charge in [0.25, 0.3) is 0 Å². The molecule has 8 heteroatoms. The van der Waals surface area contributed by atoms with Gasteiger partial charge in [0.05, 0.1) is 17.5 Å². The quantitative estimate of drug-likeness (QED) is 0.878.